The third-order valence-corrected chi connectivity index (χ3v) is 2.58. The highest BCUT2D eigenvalue weighted by molar-refractivity contribution is 6.59. The van der Waals surface area contributed by atoms with E-state index in [1.54, 1.807) is 18.2 Å². The van der Waals surface area contributed by atoms with Gasteiger partial charge in [0.2, 0.25) is 6.79 Å². The van der Waals surface area contributed by atoms with E-state index >= 15 is 0 Å². The van der Waals surface area contributed by atoms with Gasteiger partial charge in [-0.25, -0.2) is 0 Å². The van der Waals surface area contributed by atoms with Crippen molar-refractivity contribution in [3.63, 3.8) is 0 Å². The van der Waals surface area contributed by atoms with Gasteiger partial charge in [0.05, 0.1) is 23.5 Å². The number of hydrogen-bond acceptors (Lipinski definition) is 4. The zero-order valence-corrected chi connectivity index (χ0v) is 10.5. The Hall–Kier alpha value is -1.29. The summed E-state index contributed by atoms with van der Waals surface area (Å²) in [5, 5.41) is 0.696. The second-order valence-electron chi connectivity index (χ2n) is 4.66. The SMILES string of the molecule is [B]C([B])([B])N[C@@]([B])(C)C(=O)c1ccc2c(c1)OCO2. The van der Waals surface area contributed by atoms with Crippen LogP contribution in [0.3, 0.4) is 0 Å². The van der Waals surface area contributed by atoms with E-state index in [0.29, 0.717) is 17.1 Å². The molecule has 0 aliphatic carbocycles. The van der Waals surface area contributed by atoms with Crippen LogP contribution < -0.4 is 14.8 Å². The Morgan fingerprint density at radius 3 is 2.47 bits per heavy atom. The zero-order valence-electron chi connectivity index (χ0n) is 10.5. The van der Waals surface area contributed by atoms with Crippen LogP contribution in [0, 0.1) is 0 Å². The first kappa shape index (κ1) is 14.1. The van der Waals surface area contributed by atoms with E-state index < -0.39 is 16.5 Å². The number of ether oxygens (including phenoxy) is 2. The topological polar surface area (TPSA) is 47.6 Å². The van der Waals surface area contributed by atoms with E-state index in [4.69, 9.17) is 40.9 Å². The molecule has 1 N–H and O–H groups in total. The van der Waals surface area contributed by atoms with E-state index in [-0.39, 0.29) is 6.79 Å². The molecule has 1 aromatic carbocycles. The van der Waals surface area contributed by atoms with E-state index in [9.17, 15) is 4.79 Å². The van der Waals surface area contributed by atoms with Crippen LogP contribution in [0.15, 0.2) is 18.2 Å². The van der Waals surface area contributed by atoms with Gasteiger partial charge in [0, 0.05) is 11.0 Å². The molecule has 0 saturated carbocycles. The molecule has 0 saturated heterocycles. The van der Waals surface area contributed by atoms with E-state index in [0.717, 1.165) is 0 Å². The molecule has 0 fully saturated rings. The molecule has 0 spiro atoms. The minimum atomic E-state index is -1.75. The first-order chi connectivity index (χ1) is 8.69. The van der Waals surface area contributed by atoms with Crippen LogP contribution in [0.25, 0.3) is 0 Å². The second-order valence-corrected chi connectivity index (χ2v) is 4.66. The Kier molecular flexibility index (Phi) is 3.47. The van der Waals surface area contributed by atoms with Gasteiger partial charge < -0.3 is 14.8 Å². The van der Waals surface area contributed by atoms with Crippen molar-refractivity contribution in [1.82, 2.24) is 5.32 Å². The molecule has 2 rings (SSSR count). The average Bonchev–Trinajstić information content (AvgIpc) is 2.71. The van der Waals surface area contributed by atoms with Gasteiger partial charge >= 0.3 is 0 Å². The monoisotopic (exact) mass is 247 g/mol. The van der Waals surface area contributed by atoms with Gasteiger partial charge in [-0.3, -0.25) is 4.79 Å². The summed E-state index contributed by atoms with van der Waals surface area (Å²) in [4.78, 5) is 12.3. The van der Waals surface area contributed by atoms with Gasteiger partial charge in [0.15, 0.2) is 17.3 Å². The summed E-state index contributed by atoms with van der Waals surface area (Å²) in [5.41, 5.74) is -1.17. The summed E-state index contributed by atoms with van der Waals surface area (Å²) >= 11 is 0. The van der Waals surface area contributed by atoms with Crippen LogP contribution >= 0.6 is 0 Å². The molecule has 1 heterocycles. The molecule has 8 radical (unpaired) electrons. The molecule has 19 heavy (non-hydrogen) atoms. The molecule has 0 aromatic heterocycles. The fourth-order valence-corrected chi connectivity index (χ4v) is 1.84. The number of fused-ring (bicyclic) bond motifs is 1. The molecule has 0 unspecified atom stereocenters. The van der Waals surface area contributed by atoms with Crippen LogP contribution in [0.1, 0.15) is 17.3 Å². The summed E-state index contributed by atoms with van der Waals surface area (Å²) in [6.45, 7) is 1.56. The van der Waals surface area contributed by atoms with E-state index in [1.807, 2.05) is 0 Å². The quantitative estimate of drug-likeness (QED) is 0.558. The molecule has 1 aromatic rings. The van der Waals surface area contributed by atoms with Gasteiger partial charge in [-0.2, -0.15) is 0 Å². The molecule has 1 aliphatic rings. The molecule has 4 nitrogen and oxygen atoms in total. The predicted molar refractivity (Wildman–Crippen MR) is 74.2 cm³/mol. The second kappa shape index (κ2) is 4.67. The maximum absolute atomic E-state index is 12.3. The number of nitrogens with one attached hydrogen (secondary N) is 1. The largest absolute Gasteiger partial charge is 0.454 e. The van der Waals surface area contributed by atoms with Gasteiger partial charge in [0.25, 0.3) is 0 Å². The van der Waals surface area contributed by atoms with Crippen molar-refractivity contribution >= 4 is 37.2 Å². The molecular weight excluding hydrogens is 237 g/mol. The molecular formula is C11H9B4NO3. The van der Waals surface area contributed by atoms with Gasteiger partial charge in [-0.1, -0.05) is 5.24 Å². The standard InChI is InChI=1S/C11H9B4NO3/c1-10(12,16-11(13,14)15)9(17)6-2-3-7-8(4-6)19-5-18-7/h2-4,16H,5H2,1H3/t10-/m0/s1. The summed E-state index contributed by atoms with van der Waals surface area (Å²) < 4.78 is 10.4. The lowest BCUT2D eigenvalue weighted by Gasteiger charge is -2.35. The predicted octanol–water partition coefficient (Wildman–Crippen LogP) is -0.811. The van der Waals surface area contributed by atoms with Crippen molar-refractivity contribution in [1.29, 1.82) is 0 Å². The maximum atomic E-state index is 12.3. The fourth-order valence-electron chi connectivity index (χ4n) is 1.84. The minimum absolute atomic E-state index is 0.128. The summed E-state index contributed by atoms with van der Waals surface area (Å²) in [7, 11) is 22.0. The number of carbonyl (C=O) groups is 1. The number of benzene rings is 1. The lowest BCUT2D eigenvalue weighted by atomic mass is 9.48. The lowest BCUT2D eigenvalue weighted by Crippen LogP contribution is -2.62. The van der Waals surface area contributed by atoms with Crippen molar-refractivity contribution in [3.05, 3.63) is 23.8 Å². The van der Waals surface area contributed by atoms with Crippen molar-refractivity contribution in [2.24, 2.45) is 0 Å². The van der Waals surface area contributed by atoms with Crippen LogP contribution in [-0.2, 0) is 0 Å². The van der Waals surface area contributed by atoms with Crippen LogP contribution in [0.4, 0.5) is 0 Å². The molecule has 1 atom stereocenters. The summed E-state index contributed by atoms with van der Waals surface area (Å²) in [6.07, 6.45) is 0. The van der Waals surface area contributed by atoms with Crippen molar-refractivity contribution in [2.75, 3.05) is 6.79 Å². The Morgan fingerprint density at radius 2 is 1.84 bits per heavy atom. The van der Waals surface area contributed by atoms with E-state index in [2.05, 4.69) is 5.32 Å². The van der Waals surface area contributed by atoms with Crippen LogP contribution in [0.2, 0.25) is 0 Å². The third kappa shape index (κ3) is 3.18. The summed E-state index contributed by atoms with van der Waals surface area (Å²) in [6, 6.07) is 4.75. The maximum Gasteiger partial charge on any atom is 0.231 e. The number of Topliss-reactive ketones (excluding diaryl/α,β-unsaturated/α-hetero) is 1. The minimum Gasteiger partial charge on any atom is -0.454 e. The first-order valence-electron chi connectivity index (χ1n) is 5.58. The van der Waals surface area contributed by atoms with Crippen LogP contribution in [-0.4, -0.2) is 54.6 Å². The smallest absolute Gasteiger partial charge is 0.231 e. The Bertz CT molecular complexity index is 513. The average molecular weight is 246 g/mol. The first-order valence-corrected chi connectivity index (χ1v) is 5.58. The van der Waals surface area contributed by atoms with Crippen molar-refractivity contribution in [3.8, 4) is 11.5 Å². The fraction of sp³-hybridized carbons (Fsp3) is 0.364. The Labute approximate surface area is 117 Å². The van der Waals surface area contributed by atoms with E-state index in [1.165, 1.54) is 6.92 Å². The highest BCUT2D eigenvalue weighted by Crippen LogP contribution is 2.33. The van der Waals surface area contributed by atoms with Gasteiger partial charge in [-0.05, 0) is 25.1 Å². The molecule has 88 valence electrons. The molecule has 1 aliphatic heterocycles. The molecule has 0 bridgehead atoms. The zero-order chi connectivity index (χ0) is 14.3. The summed E-state index contributed by atoms with van der Waals surface area (Å²) in [5.74, 6) is 0.645. The highest BCUT2D eigenvalue weighted by Gasteiger charge is 2.31. The lowest BCUT2D eigenvalue weighted by molar-refractivity contribution is 0.0926. The third-order valence-electron chi connectivity index (χ3n) is 2.58. The molecule has 8 heteroatoms. The number of rotatable bonds is 4. The Balaban J connectivity index is 2.24. The normalized spacial score (nSPS) is 16.9. The van der Waals surface area contributed by atoms with Crippen molar-refractivity contribution in [2.45, 2.75) is 17.6 Å². The number of hydrogen-bond donors (Lipinski definition) is 1. The van der Waals surface area contributed by atoms with Crippen molar-refractivity contribution < 1.29 is 14.3 Å². The highest BCUT2D eigenvalue weighted by atomic mass is 16.7. The number of carbonyl (C=O) groups excluding carboxylic acids is 1. The van der Waals surface area contributed by atoms with Gasteiger partial charge in [0.1, 0.15) is 7.85 Å². The molecule has 0 amide bonds. The van der Waals surface area contributed by atoms with Crippen LogP contribution in [0.5, 0.6) is 11.5 Å². The number of ketones is 1. The Morgan fingerprint density at radius 1 is 1.21 bits per heavy atom. The van der Waals surface area contributed by atoms with Gasteiger partial charge in [-0.15, -0.1) is 0 Å².